The molecule has 3 aromatic rings. The maximum absolute atomic E-state index is 14.0. The number of carbonyl (C=O) groups excluding carboxylic acids is 1. The normalized spacial score (nSPS) is 15.0. The molecule has 4 rings (SSSR count). The molecule has 2 heterocycles. The summed E-state index contributed by atoms with van der Waals surface area (Å²) < 4.78 is 21.4. The van der Waals surface area contributed by atoms with Gasteiger partial charge in [0.25, 0.3) is 5.56 Å². The lowest BCUT2D eigenvalue weighted by Crippen LogP contribution is -2.36. The Balaban J connectivity index is 1.65. The van der Waals surface area contributed by atoms with Gasteiger partial charge in [0.15, 0.2) is 0 Å². The molecule has 6 nitrogen and oxygen atoms in total. The summed E-state index contributed by atoms with van der Waals surface area (Å²) in [5, 5.41) is 4.01. The SMILES string of the molecule is CC(C)NC(=O)Cn1c(-c2cccc(F)c2)cc2ccc(OC[C@@H](C)CN3CCCC3)cc2c1=O. The van der Waals surface area contributed by atoms with Crippen LogP contribution in [-0.4, -0.2) is 47.7 Å². The van der Waals surface area contributed by atoms with Crippen molar-refractivity contribution in [3.05, 3.63) is 64.7 Å². The van der Waals surface area contributed by atoms with Crippen LogP contribution in [0.3, 0.4) is 0 Å². The van der Waals surface area contributed by atoms with Gasteiger partial charge in [-0.05, 0) is 75.5 Å². The van der Waals surface area contributed by atoms with Gasteiger partial charge < -0.3 is 15.0 Å². The van der Waals surface area contributed by atoms with Crippen molar-refractivity contribution in [2.75, 3.05) is 26.2 Å². The lowest BCUT2D eigenvalue weighted by molar-refractivity contribution is -0.122. The Morgan fingerprint density at radius 1 is 1.09 bits per heavy atom. The first-order valence-electron chi connectivity index (χ1n) is 12.4. The summed E-state index contributed by atoms with van der Waals surface area (Å²) >= 11 is 0. The molecule has 1 atom stereocenters. The number of aromatic nitrogens is 1. The molecule has 186 valence electrons. The number of rotatable bonds is 9. The van der Waals surface area contributed by atoms with E-state index in [2.05, 4.69) is 17.1 Å². The lowest BCUT2D eigenvalue weighted by atomic mass is 10.1. The largest absolute Gasteiger partial charge is 0.493 e. The Bertz CT molecular complexity index is 1250. The van der Waals surface area contributed by atoms with Crippen LogP contribution in [0.25, 0.3) is 22.0 Å². The van der Waals surface area contributed by atoms with Crippen LogP contribution in [0.1, 0.15) is 33.6 Å². The van der Waals surface area contributed by atoms with Gasteiger partial charge in [0, 0.05) is 24.1 Å². The van der Waals surface area contributed by atoms with Crippen LogP contribution < -0.4 is 15.6 Å². The van der Waals surface area contributed by atoms with E-state index in [1.165, 1.54) is 29.5 Å². The fourth-order valence-corrected chi connectivity index (χ4v) is 4.67. The van der Waals surface area contributed by atoms with Crippen LogP contribution in [0.15, 0.2) is 53.3 Å². The summed E-state index contributed by atoms with van der Waals surface area (Å²) in [5.74, 6) is 0.317. The van der Waals surface area contributed by atoms with Crippen molar-refractivity contribution in [3.8, 4) is 17.0 Å². The van der Waals surface area contributed by atoms with Crippen LogP contribution in [-0.2, 0) is 11.3 Å². The zero-order chi connectivity index (χ0) is 24.9. The van der Waals surface area contributed by atoms with Gasteiger partial charge in [-0.3, -0.25) is 14.2 Å². The average molecular weight is 480 g/mol. The van der Waals surface area contributed by atoms with E-state index in [1.807, 2.05) is 32.0 Å². The minimum absolute atomic E-state index is 0.0566. The molecule has 2 aromatic carbocycles. The number of nitrogens with one attached hydrogen (secondary N) is 1. The second-order valence-corrected chi connectivity index (χ2v) is 9.83. The number of halogens is 1. The Labute approximate surface area is 205 Å². The molecule has 0 bridgehead atoms. The summed E-state index contributed by atoms with van der Waals surface area (Å²) in [7, 11) is 0. The third-order valence-corrected chi connectivity index (χ3v) is 6.26. The van der Waals surface area contributed by atoms with E-state index in [0.29, 0.717) is 40.3 Å². The molecule has 1 amide bonds. The third-order valence-electron chi connectivity index (χ3n) is 6.26. The molecule has 1 aromatic heterocycles. The molecule has 0 spiro atoms. The van der Waals surface area contributed by atoms with Gasteiger partial charge in [-0.25, -0.2) is 4.39 Å². The number of hydrogen-bond donors (Lipinski definition) is 1. The van der Waals surface area contributed by atoms with Crippen molar-refractivity contribution in [2.24, 2.45) is 5.92 Å². The molecule has 1 aliphatic heterocycles. The van der Waals surface area contributed by atoms with E-state index in [-0.39, 0.29) is 24.1 Å². The molecular formula is C28H34FN3O3. The standard InChI is InChI=1S/C28H34FN3O3/c1-19(2)30-27(33)17-32-26(22-7-6-8-23(29)13-22)14-21-9-10-24(15-25(21)28(32)34)35-18-20(3)16-31-11-4-5-12-31/h6-10,13-15,19-20H,4-5,11-12,16-18H2,1-3H3,(H,30,33)/t20-/m0/s1. The van der Waals surface area contributed by atoms with E-state index < -0.39 is 5.82 Å². The Hall–Kier alpha value is -3.19. The Morgan fingerprint density at radius 3 is 2.57 bits per heavy atom. The van der Waals surface area contributed by atoms with E-state index in [1.54, 1.807) is 18.2 Å². The highest BCUT2D eigenvalue weighted by molar-refractivity contribution is 5.87. The fraction of sp³-hybridized carbons (Fsp3) is 0.429. The molecule has 1 N–H and O–H groups in total. The highest BCUT2D eigenvalue weighted by atomic mass is 19.1. The van der Waals surface area contributed by atoms with Gasteiger partial charge in [0.2, 0.25) is 5.91 Å². The Morgan fingerprint density at radius 2 is 1.86 bits per heavy atom. The van der Waals surface area contributed by atoms with Gasteiger partial charge in [0.1, 0.15) is 18.1 Å². The van der Waals surface area contributed by atoms with E-state index in [9.17, 15) is 14.0 Å². The molecule has 0 aliphatic carbocycles. The molecule has 7 heteroatoms. The third kappa shape index (κ3) is 6.28. The first-order chi connectivity index (χ1) is 16.8. The van der Waals surface area contributed by atoms with Gasteiger partial charge in [0.05, 0.1) is 17.7 Å². The van der Waals surface area contributed by atoms with Gasteiger partial charge in [-0.15, -0.1) is 0 Å². The number of carbonyl (C=O) groups is 1. The summed E-state index contributed by atoms with van der Waals surface area (Å²) in [6.45, 7) is 9.61. The number of pyridine rings is 1. The maximum atomic E-state index is 14.0. The molecule has 0 unspecified atom stereocenters. The molecule has 0 saturated carbocycles. The van der Waals surface area contributed by atoms with E-state index >= 15 is 0 Å². The van der Waals surface area contributed by atoms with Crippen molar-refractivity contribution >= 4 is 16.7 Å². The van der Waals surface area contributed by atoms with Gasteiger partial charge >= 0.3 is 0 Å². The zero-order valence-corrected chi connectivity index (χ0v) is 20.7. The number of ether oxygens (including phenoxy) is 1. The van der Waals surface area contributed by atoms with Crippen molar-refractivity contribution in [3.63, 3.8) is 0 Å². The van der Waals surface area contributed by atoms with Crippen LogP contribution in [0.5, 0.6) is 5.75 Å². The predicted octanol–water partition coefficient (Wildman–Crippen LogP) is 4.44. The van der Waals surface area contributed by atoms with Crippen LogP contribution in [0.2, 0.25) is 0 Å². The number of benzene rings is 2. The number of nitrogens with zero attached hydrogens (tertiary/aromatic N) is 2. The maximum Gasteiger partial charge on any atom is 0.259 e. The van der Waals surface area contributed by atoms with E-state index in [4.69, 9.17) is 4.74 Å². The number of fused-ring (bicyclic) bond motifs is 1. The monoisotopic (exact) mass is 479 g/mol. The second-order valence-electron chi connectivity index (χ2n) is 9.83. The Kier molecular flexibility index (Phi) is 7.86. The van der Waals surface area contributed by atoms with Crippen molar-refractivity contribution < 1.29 is 13.9 Å². The molecular weight excluding hydrogens is 445 g/mol. The minimum atomic E-state index is -0.403. The summed E-state index contributed by atoms with van der Waals surface area (Å²) in [4.78, 5) is 28.6. The molecule has 1 saturated heterocycles. The minimum Gasteiger partial charge on any atom is -0.493 e. The highest BCUT2D eigenvalue weighted by Gasteiger charge is 2.17. The second kappa shape index (κ2) is 11.0. The molecule has 0 radical (unpaired) electrons. The summed E-state index contributed by atoms with van der Waals surface area (Å²) in [6, 6.07) is 13.3. The fourth-order valence-electron chi connectivity index (χ4n) is 4.67. The van der Waals surface area contributed by atoms with Crippen molar-refractivity contribution in [1.29, 1.82) is 0 Å². The number of likely N-dealkylation sites (tertiary alicyclic amines) is 1. The summed E-state index contributed by atoms with van der Waals surface area (Å²) in [5.41, 5.74) is 0.724. The zero-order valence-electron chi connectivity index (χ0n) is 20.7. The van der Waals surface area contributed by atoms with Crippen LogP contribution in [0.4, 0.5) is 4.39 Å². The quantitative estimate of drug-likeness (QED) is 0.493. The van der Waals surface area contributed by atoms with Gasteiger partial charge in [-0.1, -0.05) is 25.1 Å². The van der Waals surface area contributed by atoms with Crippen LogP contribution >= 0.6 is 0 Å². The van der Waals surface area contributed by atoms with Crippen molar-refractivity contribution in [2.45, 2.75) is 46.2 Å². The van der Waals surface area contributed by atoms with E-state index in [0.717, 1.165) is 19.6 Å². The van der Waals surface area contributed by atoms with Crippen LogP contribution in [0, 0.1) is 11.7 Å². The number of hydrogen-bond acceptors (Lipinski definition) is 4. The highest BCUT2D eigenvalue weighted by Crippen LogP contribution is 2.26. The smallest absolute Gasteiger partial charge is 0.259 e. The van der Waals surface area contributed by atoms with Crippen molar-refractivity contribution in [1.82, 2.24) is 14.8 Å². The predicted molar refractivity (Wildman–Crippen MR) is 137 cm³/mol. The summed E-state index contributed by atoms with van der Waals surface area (Å²) in [6.07, 6.45) is 2.52. The topological polar surface area (TPSA) is 63.6 Å². The lowest BCUT2D eigenvalue weighted by Gasteiger charge is -2.20. The molecule has 35 heavy (non-hydrogen) atoms. The number of amides is 1. The first kappa shape index (κ1) is 24.9. The average Bonchev–Trinajstić information content (AvgIpc) is 3.32. The molecule has 1 aliphatic rings. The molecule has 1 fully saturated rings. The van der Waals surface area contributed by atoms with Gasteiger partial charge in [-0.2, -0.15) is 0 Å². The first-order valence-corrected chi connectivity index (χ1v) is 12.4.